The van der Waals surface area contributed by atoms with Crippen LogP contribution in [0.4, 0.5) is 5.95 Å². The van der Waals surface area contributed by atoms with Crippen LogP contribution in [-0.2, 0) is 19.4 Å². The summed E-state index contributed by atoms with van der Waals surface area (Å²) in [5.41, 5.74) is 10.2. The summed E-state index contributed by atoms with van der Waals surface area (Å²) >= 11 is 0. The Morgan fingerprint density at radius 3 is 2.58 bits per heavy atom. The fraction of sp³-hybridized carbons (Fsp3) is 0.320. The number of unbranched alkanes of at least 4 members (excludes halogenated alkanes) is 2. The molecule has 0 saturated carbocycles. The molecule has 0 unspecified atom stereocenters. The van der Waals surface area contributed by atoms with Crippen molar-refractivity contribution in [2.75, 3.05) is 5.73 Å². The number of benzene rings is 1. The van der Waals surface area contributed by atoms with Crippen LogP contribution in [0.25, 0.3) is 6.08 Å². The van der Waals surface area contributed by atoms with Crippen LogP contribution in [0.15, 0.2) is 73.1 Å². The first-order chi connectivity index (χ1) is 15.1. The summed E-state index contributed by atoms with van der Waals surface area (Å²) in [7, 11) is 0. The molecule has 0 fully saturated rings. The molecule has 0 bridgehead atoms. The molecule has 3 rings (SSSR count). The van der Waals surface area contributed by atoms with Gasteiger partial charge in [-0.3, -0.25) is 0 Å². The van der Waals surface area contributed by atoms with Gasteiger partial charge in [0.05, 0.1) is 18.4 Å². The highest BCUT2D eigenvalue weighted by atomic mass is 15.4. The monoisotopic (exact) mass is 418 g/mol. The maximum absolute atomic E-state index is 5.58. The van der Waals surface area contributed by atoms with Crippen LogP contribution >= 0.6 is 0 Å². The molecule has 2 aromatic heterocycles. The van der Waals surface area contributed by atoms with Gasteiger partial charge in [0.15, 0.2) is 5.95 Å². The van der Waals surface area contributed by atoms with Gasteiger partial charge in [-0.1, -0.05) is 78.4 Å². The molecular formula is C25H34N6. The first-order valence-electron chi connectivity index (χ1n) is 10.7. The van der Waals surface area contributed by atoms with E-state index in [0.717, 1.165) is 50.0 Å². The van der Waals surface area contributed by atoms with Gasteiger partial charge >= 0.3 is 0 Å². The second-order valence-electron chi connectivity index (χ2n) is 7.42. The summed E-state index contributed by atoms with van der Waals surface area (Å²) in [5.74, 6) is 0.494. The largest absolute Gasteiger partial charge is 0.369 e. The van der Waals surface area contributed by atoms with E-state index in [1.54, 1.807) is 6.08 Å². The number of aryl methyl sites for hydroxylation is 2. The number of nitrogen functional groups attached to an aromatic ring is 1. The van der Waals surface area contributed by atoms with E-state index in [1.165, 1.54) is 11.1 Å². The Labute approximate surface area is 185 Å². The highest BCUT2D eigenvalue weighted by molar-refractivity contribution is 5.51. The highest BCUT2D eigenvalue weighted by Crippen LogP contribution is 2.10. The molecule has 3 N–H and O–H groups in total. The SMILES string of the molecule is C/C(=C\c1ccccc1)Cn1cc(CCCCCc2cnc(N)[nH]2)nn1.C=C/C=C\C. The average molecular weight is 419 g/mol. The van der Waals surface area contributed by atoms with Gasteiger partial charge in [-0.05, 0) is 45.1 Å². The van der Waals surface area contributed by atoms with E-state index < -0.39 is 0 Å². The van der Waals surface area contributed by atoms with Crippen molar-refractivity contribution < 1.29 is 0 Å². The lowest BCUT2D eigenvalue weighted by Gasteiger charge is -2.01. The summed E-state index contributed by atoms with van der Waals surface area (Å²) in [5, 5.41) is 8.53. The van der Waals surface area contributed by atoms with Gasteiger partial charge in [-0.15, -0.1) is 5.10 Å². The van der Waals surface area contributed by atoms with Crippen LogP contribution in [0.3, 0.4) is 0 Å². The third-order valence-corrected chi connectivity index (χ3v) is 4.57. The summed E-state index contributed by atoms with van der Waals surface area (Å²) in [6.07, 6.45) is 17.0. The van der Waals surface area contributed by atoms with Crippen molar-refractivity contribution in [2.24, 2.45) is 0 Å². The molecule has 0 amide bonds. The second-order valence-corrected chi connectivity index (χ2v) is 7.42. The van der Waals surface area contributed by atoms with Gasteiger partial charge in [0.1, 0.15) is 0 Å². The number of anilines is 1. The van der Waals surface area contributed by atoms with Crippen LogP contribution in [0.5, 0.6) is 0 Å². The molecule has 0 aliphatic carbocycles. The van der Waals surface area contributed by atoms with Crippen molar-refractivity contribution >= 4 is 12.0 Å². The molecule has 6 nitrogen and oxygen atoms in total. The third-order valence-electron chi connectivity index (χ3n) is 4.57. The summed E-state index contributed by atoms with van der Waals surface area (Å²) in [6.45, 7) is 8.31. The van der Waals surface area contributed by atoms with E-state index in [1.807, 2.05) is 48.2 Å². The molecule has 0 aliphatic heterocycles. The Kier molecular flexibility index (Phi) is 10.6. The number of hydrogen-bond donors (Lipinski definition) is 2. The third kappa shape index (κ3) is 9.76. The lowest BCUT2D eigenvalue weighted by molar-refractivity contribution is 0.642. The minimum absolute atomic E-state index is 0.494. The van der Waals surface area contributed by atoms with Gasteiger partial charge in [0.25, 0.3) is 0 Å². The van der Waals surface area contributed by atoms with Gasteiger partial charge < -0.3 is 10.7 Å². The molecule has 0 radical (unpaired) electrons. The van der Waals surface area contributed by atoms with E-state index in [-0.39, 0.29) is 0 Å². The van der Waals surface area contributed by atoms with Crippen LogP contribution in [0, 0.1) is 0 Å². The number of nitrogens with two attached hydrogens (primary N) is 1. The quantitative estimate of drug-likeness (QED) is 0.341. The fourth-order valence-electron chi connectivity index (χ4n) is 3.10. The van der Waals surface area contributed by atoms with Crippen LogP contribution in [-0.4, -0.2) is 25.0 Å². The average Bonchev–Trinajstić information content (AvgIpc) is 3.38. The number of nitrogens with zero attached hydrogens (tertiary/aromatic N) is 4. The zero-order valence-corrected chi connectivity index (χ0v) is 18.7. The molecular weight excluding hydrogens is 384 g/mol. The zero-order chi connectivity index (χ0) is 22.3. The van der Waals surface area contributed by atoms with E-state index in [4.69, 9.17) is 5.73 Å². The number of aromatic amines is 1. The van der Waals surface area contributed by atoms with E-state index >= 15 is 0 Å². The molecule has 6 heteroatoms. The fourth-order valence-corrected chi connectivity index (χ4v) is 3.10. The maximum atomic E-state index is 5.58. The van der Waals surface area contributed by atoms with Gasteiger partial charge in [0.2, 0.25) is 0 Å². The molecule has 31 heavy (non-hydrogen) atoms. The standard InChI is InChI=1S/C20H26N6.C5H8/c1-16(12-17-8-4-2-5-9-17)14-26-15-19(24-25-26)11-7-3-6-10-18-13-22-20(21)23-18;1-3-5-4-2/h2,4-5,8-9,12-13,15H,3,6-7,10-11,14H2,1H3,(H3,21,22,23);3-5H,1H2,2H3/b16-12+;5-4-. The zero-order valence-electron chi connectivity index (χ0n) is 18.7. The lowest BCUT2D eigenvalue weighted by atomic mass is 10.1. The van der Waals surface area contributed by atoms with Crippen LogP contribution in [0.1, 0.15) is 50.1 Å². The minimum atomic E-state index is 0.494. The van der Waals surface area contributed by atoms with E-state index in [0.29, 0.717) is 5.95 Å². The minimum Gasteiger partial charge on any atom is -0.369 e. The predicted molar refractivity (Wildman–Crippen MR) is 129 cm³/mol. The molecule has 0 aliphatic rings. The summed E-state index contributed by atoms with van der Waals surface area (Å²) in [4.78, 5) is 7.07. The number of aromatic nitrogens is 5. The Morgan fingerprint density at radius 2 is 1.94 bits per heavy atom. The highest BCUT2D eigenvalue weighted by Gasteiger charge is 2.03. The van der Waals surface area contributed by atoms with Crippen LogP contribution in [0.2, 0.25) is 0 Å². The van der Waals surface area contributed by atoms with Gasteiger partial charge in [-0.2, -0.15) is 0 Å². The number of allylic oxidation sites excluding steroid dienone is 4. The van der Waals surface area contributed by atoms with E-state index in [9.17, 15) is 0 Å². The number of nitrogens with one attached hydrogen (secondary N) is 1. The number of hydrogen-bond acceptors (Lipinski definition) is 4. The van der Waals surface area contributed by atoms with Gasteiger partial charge in [0, 0.05) is 11.9 Å². The molecule has 2 heterocycles. The molecule has 0 saturated heterocycles. The first-order valence-corrected chi connectivity index (χ1v) is 10.7. The number of imidazole rings is 1. The van der Waals surface area contributed by atoms with Crippen molar-refractivity contribution in [3.8, 4) is 0 Å². The van der Waals surface area contributed by atoms with Crippen molar-refractivity contribution in [1.29, 1.82) is 0 Å². The Hall–Kier alpha value is -3.41. The number of rotatable bonds is 10. The van der Waals surface area contributed by atoms with Crippen LogP contribution < -0.4 is 5.73 Å². The van der Waals surface area contributed by atoms with Crippen molar-refractivity contribution in [2.45, 2.75) is 52.5 Å². The number of H-pyrrole nitrogens is 1. The Bertz CT molecular complexity index is 949. The lowest BCUT2D eigenvalue weighted by Crippen LogP contribution is -1.99. The van der Waals surface area contributed by atoms with Crippen molar-refractivity contribution in [3.63, 3.8) is 0 Å². The molecule has 0 atom stereocenters. The Balaban J connectivity index is 0.000000614. The van der Waals surface area contributed by atoms with Gasteiger partial charge in [-0.25, -0.2) is 9.67 Å². The summed E-state index contributed by atoms with van der Waals surface area (Å²) < 4.78 is 1.91. The predicted octanol–water partition coefficient (Wildman–Crippen LogP) is 5.39. The smallest absolute Gasteiger partial charge is 0.197 e. The Morgan fingerprint density at radius 1 is 1.16 bits per heavy atom. The normalized spacial score (nSPS) is 11.4. The maximum Gasteiger partial charge on any atom is 0.197 e. The summed E-state index contributed by atoms with van der Waals surface area (Å²) in [6, 6.07) is 10.3. The van der Waals surface area contributed by atoms with Crippen molar-refractivity contribution in [3.05, 3.63) is 90.1 Å². The first kappa shape index (κ1) is 23.9. The topological polar surface area (TPSA) is 85.4 Å². The van der Waals surface area contributed by atoms with E-state index in [2.05, 4.69) is 58.2 Å². The molecule has 3 aromatic rings. The second kappa shape index (κ2) is 13.7. The molecule has 164 valence electrons. The molecule has 0 spiro atoms. The van der Waals surface area contributed by atoms with Crippen molar-refractivity contribution in [1.82, 2.24) is 25.0 Å². The molecule has 1 aromatic carbocycles.